The topological polar surface area (TPSA) is 84.9 Å². The lowest BCUT2D eigenvalue weighted by Gasteiger charge is -2.14. The van der Waals surface area contributed by atoms with Gasteiger partial charge >= 0.3 is 5.97 Å². The van der Waals surface area contributed by atoms with Crippen LogP contribution in [0.25, 0.3) is 0 Å². The zero-order valence-corrected chi connectivity index (χ0v) is 12.1. The number of carbonyl (C=O) groups is 2. The number of carboxylic acids is 1. The Labute approximate surface area is 123 Å². The first-order chi connectivity index (χ1) is 10.0. The third kappa shape index (κ3) is 4.11. The molecule has 21 heavy (non-hydrogen) atoms. The predicted octanol–water partition coefficient (Wildman–Crippen LogP) is 1.69. The molecular weight excluding hydrogens is 274 g/mol. The van der Waals surface area contributed by atoms with Crippen LogP contribution < -0.4 is 14.8 Å². The molecule has 2 N–H and O–H groups in total. The molecule has 0 heterocycles. The van der Waals surface area contributed by atoms with Crippen LogP contribution in [0.4, 0.5) is 0 Å². The molecule has 0 aliphatic heterocycles. The van der Waals surface area contributed by atoms with Crippen molar-refractivity contribution in [1.82, 2.24) is 5.32 Å². The standard InChI is InChI=1S/C15H19NO5/c1-9(10-3-4-10)16-14(17)8-21-12-6-5-11(15(18)19)7-13(12)20-2/h5-7,9-10H,3-4,8H2,1-2H3,(H,16,17)(H,18,19)/t9-/m1/s1. The van der Waals surface area contributed by atoms with Gasteiger partial charge in [0.2, 0.25) is 0 Å². The molecule has 1 aromatic carbocycles. The number of hydrogen-bond donors (Lipinski definition) is 2. The van der Waals surface area contributed by atoms with Crippen LogP contribution in [0.15, 0.2) is 18.2 Å². The molecule has 1 fully saturated rings. The summed E-state index contributed by atoms with van der Waals surface area (Å²) in [5.41, 5.74) is 0.103. The number of carbonyl (C=O) groups excluding carboxylic acids is 1. The van der Waals surface area contributed by atoms with E-state index < -0.39 is 5.97 Å². The van der Waals surface area contributed by atoms with Crippen LogP contribution in [0.5, 0.6) is 11.5 Å². The van der Waals surface area contributed by atoms with Gasteiger partial charge in [-0.1, -0.05) is 0 Å². The van der Waals surface area contributed by atoms with Crippen molar-refractivity contribution < 1.29 is 24.2 Å². The van der Waals surface area contributed by atoms with Gasteiger partial charge in [-0.3, -0.25) is 4.79 Å². The molecule has 6 nitrogen and oxygen atoms in total. The van der Waals surface area contributed by atoms with Crippen molar-refractivity contribution in [1.29, 1.82) is 0 Å². The average Bonchev–Trinajstić information content (AvgIpc) is 3.29. The highest BCUT2D eigenvalue weighted by Crippen LogP contribution is 2.32. The molecule has 2 rings (SSSR count). The fourth-order valence-corrected chi connectivity index (χ4v) is 2.07. The van der Waals surface area contributed by atoms with Crippen LogP contribution in [0, 0.1) is 5.92 Å². The largest absolute Gasteiger partial charge is 0.493 e. The summed E-state index contributed by atoms with van der Waals surface area (Å²) >= 11 is 0. The quantitative estimate of drug-likeness (QED) is 0.799. The summed E-state index contributed by atoms with van der Waals surface area (Å²) in [6.07, 6.45) is 2.32. The van der Waals surface area contributed by atoms with Crippen molar-refractivity contribution in [2.45, 2.75) is 25.8 Å². The monoisotopic (exact) mass is 293 g/mol. The summed E-state index contributed by atoms with van der Waals surface area (Å²) in [6.45, 7) is 1.86. The molecule has 0 bridgehead atoms. The van der Waals surface area contributed by atoms with E-state index in [1.165, 1.54) is 25.3 Å². The summed E-state index contributed by atoms with van der Waals surface area (Å²) in [4.78, 5) is 22.6. The van der Waals surface area contributed by atoms with Crippen molar-refractivity contribution in [2.24, 2.45) is 5.92 Å². The highest BCUT2D eigenvalue weighted by molar-refractivity contribution is 5.88. The molecule has 0 spiro atoms. The van der Waals surface area contributed by atoms with Gasteiger partial charge in [-0.25, -0.2) is 4.79 Å². The Kier molecular flexibility index (Phi) is 4.67. The van der Waals surface area contributed by atoms with Gasteiger partial charge in [0.15, 0.2) is 18.1 Å². The Morgan fingerprint density at radius 1 is 1.38 bits per heavy atom. The molecule has 0 unspecified atom stereocenters. The minimum atomic E-state index is -1.05. The van der Waals surface area contributed by atoms with Crippen LogP contribution in [0.3, 0.4) is 0 Å². The molecule has 1 saturated carbocycles. The van der Waals surface area contributed by atoms with Crippen molar-refractivity contribution in [2.75, 3.05) is 13.7 Å². The molecule has 0 radical (unpaired) electrons. The van der Waals surface area contributed by atoms with E-state index in [1.54, 1.807) is 0 Å². The van der Waals surface area contributed by atoms with E-state index >= 15 is 0 Å². The van der Waals surface area contributed by atoms with Gasteiger partial charge in [0.25, 0.3) is 5.91 Å². The maximum absolute atomic E-state index is 11.8. The van der Waals surface area contributed by atoms with Gasteiger partial charge in [0.1, 0.15) is 0 Å². The van der Waals surface area contributed by atoms with E-state index in [2.05, 4.69) is 5.32 Å². The smallest absolute Gasteiger partial charge is 0.335 e. The summed E-state index contributed by atoms with van der Waals surface area (Å²) in [5, 5.41) is 11.8. The second-order valence-electron chi connectivity index (χ2n) is 5.15. The second-order valence-corrected chi connectivity index (χ2v) is 5.15. The number of nitrogens with one attached hydrogen (secondary N) is 1. The van der Waals surface area contributed by atoms with Crippen molar-refractivity contribution in [3.63, 3.8) is 0 Å². The summed E-state index contributed by atoms with van der Waals surface area (Å²) in [5.74, 6) is -0.0254. The van der Waals surface area contributed by atoms with E-state index in [9.17, 15) is 9.59 Å². The van der Waals surface area contributed by atoms with Gasteiger partial charge in [0.05, 0.1) is 12.7 Å². The molecule has 114 valence electrons. The van der Waals surface area contributed by atoms with Gasteiger partial charge < -0.3 is 19.9 Å². The maximum atomic E-state index is 11.8. The van der Waals surface area contributed by atoms with E-state index in [1.807, 2.05) is 6.92 Å². The lowest BCUT2D eigenvalue weighted by atomic mass is 10.2. The third-order valence-electron chi connectivity index (χ3n) is 3.49. The first-order valence-electron chi connectivity index (χ1n) is 6.84. The molecule has 0 aromatic heterocycles. The lowest BCUT2D eigenvalue weighted by molar-refractivity contribution is -0.123. The Hall–Kier alpha value is -2.24. The molecule has 1 atom stereocenters. The third-order valence-corrected chi connectivity index (χ3v) is 3.49. The van der Waals surface area contributed by atoms with E-state index in [4.69, 9.17) is 14.6 Å². The molecule has 0 saturated heterocycles. The minimum absolute atomic E-state index is 0.103. The zero-order chi connectivity index (χ0) is 15.4. The maximum Gasteiger partial charge on any atom is 0.335 e. The zero-order valence-electron chi connectivity index (χ0n) is 12.1. The molecule has 1 aliphatic carbocycles. The van der Waals surface area contributed by atoms with Crippen LogP contribution in [0.2, 0.25) is 0 Å². The number of methoxy groups -OCH3 is 1. The van der Waals surface area contributed by atoms with Gasteiger partial charge in [-0.05, 0) is 43.9 Å². The predicted molar refractivity (Wildman–Crippen MR) is 75.8 cm³/mol. The fraction of sp³-hybridized carbons (Fsp3) is 0.467. The Bertz CT molecular complexity index is 539. The van der Waals surface area contributed by atoms with Gasteiger partial charge in [-0.15, -0.1) is 0 Å². The highest BCUT2D eigenvalue weighted by Gasteiger charge is 2.28. The van der Waals surface area contributed by atoms with Crippen molar-refractivity contribution >= 4 is 11.9 Å². The second kappa shape index (κ2) is 6.47. The Balaban J connectivity index is 1.92. The van der Waals surface area contributed by atoms with E-state index in [0.717, 1.165) is 12.8 Å². The van der Waals surface area contributed by atoms with E-state index in [-0.39, 0.29) is 29.9 Å². The number of amides is 1. The number of aromatic carboxylic acids is 1. The summed E-state index contributed by atoms with van der Waals surface area (Å²) in [6, 6.07) is 4.42. The molecule has 1 aliphatic rings. The average molecular weight is 293 g/mol. The van der Waals surface area contributed by atoms with E-state index in [0.29, 0.717) is 11.7 Å². The fourth-order valence-electron chi connectivity index (χ4n) is 2.07. The Morgan fingerprint density at radius 2 is 2.10 bits per heavy atom. The number of rotatable bonds is 7. The van der Waals surface area contributed by atoms with Crippen LogP contribution in [-0.2, 0) is 4.79 Å². The van der Waals surface area contributed by atoms with Crippen LogP contribution in [0.1, 0.15) is 30.1 Å². The summed E-state index contributed by atoms with van der Waals surface area (Å²) in [7, 11) is 1.42. The minimum Gasteiger partial charge on any atom is -0.493 e. The first-order valence-corrected chi connectivity index (χ1v) is 6.84. The van der Waals surface area contributed by atoms with Crippen LogP contribution >= 0.6 is 0 Å². The number of benzene rings is 1. The number of hydrogen-bond acceptors (Lipinski definition) is 4. The molecule has 1 amide bonds. The Morgan fingerprint density at radius 3 is 2.67 bits per heavy atom. The molecule has 6 heteroatoms. The summed E-state index contributed by atoms with van der Waals surface area (Å²) < 4.78 is 10.5. The number of carboxylic acid groups (broad SMARTS) is 1. The molecular formula is C15H19NO5. The highest BCUT2D eigenvalue weighted by atomic mass is 16.5. The van der Waals surface area contributed by atoms with Crippen LogP contribution in [-0.4, -0.2) is 36.7 Å². The SMILES string of the molecule is COc1cc(C(=O)O)ccc1OCC(=O)N[C@H](C)C1CC1. The van der Waals surface area contributed by atoms with Crippen molar-refractivity contribution in [3.05, 3.63) is 23.8 Å². The van der Waals surface area contributed by atoms with Gasteiger partial charge in [0, 0.05) is 6.04 Å². The van der Waals surface area contributed by atoms with Gasteiger partial charge in [-0.2, -0.15) is 0 Å². The normalized spacial score (nSPS) is 15.1. The molecule has 1 aromatic rings. The number of ether oxygens (including phenoxy) is 2. The first kappa shape index (κ1) is 15.2. The van der Waals surface area contributed by atoms with Crippen molar-refractivity contribution in [3.8, 4) is 11.5 Å². The lowest BCUT2D eigenvalue weighted by Crippen LogP contribution is -2.37.